The number of pyridine rings is 4. The van der Waals surface area contributed by atoms with Crippen molar-refractivity contribution in [3.8, 4) is 0 Å². The Morgan fingerprint density at radius 1 is 0.569 bits per heavy atom. The molecule has 0 aliphatic carbocycles. The van der Waals surface area contributed by atoms with Gasteiger partial charge in [-0.3, -0.25) is 24.8 Å². The van der Waals surface area contributed by atoms with Gasteiger partial charge in [-0.25, -0.2) is 9.59 Å². The molecule has 0 spiro atoms. The van der Waals surface area contributed by atoms with Gasteiger partial charge in [-0.2, -0.15) is 0 Å². The number of nitrogens with zero attached hydrogens (tertiary/aromatic N) is 5. The van der Waals surface area contributed by atoms with Crippen molar-refractivity contribution in [3.63, 3.8) is 0 Å². The maximum atomic E-state index is 11.6. The van der Waals surface area contributed by atoms with Crippen LogP contribution in [0.2, 0.25) is 0 Å². The Morgan fingerprint density at radius 2 is 0.966 bits per heavy atom. The molecule has 0 amide bonds. The van der Waals surface area contributed by atoms with Crippen LogP contribution in [0.3, 0.4) is 0 Å². The molecule has 0 atom stereocenters. The SMILES string of the molecule is C1CCOC1.COC(=O)c1ccc(CBr)cc1.COC(=O)c1ccc(CN(Cc2ccccn2)Cc2ccccn2)cc1.c1ccc(CNCc2ccccn2)nc1. The van der Waals surface area contributed by atoms with E-state index in [0.29, 0.717) is 11.1 Å². The van der Waals surface area contributed by atoms with E-state index in [1.54, 1.807) is 49.1 Å². The summed E-state index contributed by atoms with van der Waals surface area (Å²) < 4.78 is 14.3. The van der Waals surface area contributed by atoms with E-state index in [4.69, 9.17) is 9.47 Å². The van der Waals surface area contributed by atoms with Crippen molar-refractivity contribution in [1.29, 1.82) is 0 Å². The highest BCUT2D eigenvalue weighted by molar-refractivity contribution is 9.08. The lowest BCUT2D eigenvalue weighted by molar-refractivity contribution is 0.0592. The number of esters is 2. The summed E-state index contributed by atoms with van der Waals surface area (Å²) in [6.07, 6.45) is 9.77. The number of halogens is 1. The van der Waals surface area contributed by atoms with E-state index >= 15 is 0 Å². The number of methoxy groups -OCH3 is 2. The van der Waals surface area contributed by atoms with Crippen LogP contribution in [0.25, 0.3) is 0 Å². The molecule has 4 aromatic heterocycles. The van der Waals surface area contributed by atoms with Crippen LogP contribution in [-0.4, -0.2) is 64.2 Å². The molecule has 0 bridgehead atoms. The Kier molecular flexibility index (Phi) is 21.0. The summed E-state index contributed by atoms with van der Waals surface area (Å²) in [6.45, 7) is 5.72. The topological polar surface area (TPSA) is 129 Å². The van der Waals surface area contributed by atoms with Crippen molar-refractivity contribution >= 4 is 27.9 Å². The first-order valence-corrected chi connectivity index (χ1v) is 20.1. The second-order valence-electron chi connectivity index (χ2n) is 12.9. The summed E-state index contributed by atoms with van der Waals surface area (Å²) in [4.78, 5) is 42.1. The summed E-state index contributed by atoms with van der Waals surface area (Å²) in [5, 5.41) is 4.09. The smallest absolute Gasteiger partial charge is 0.337 e. The lowest BCUT2D eigenvalue weighted by Crippen LogP contribution is -2.23. The Labute approximate surface area is 350 Å². The summed E-state index contributed by atoms with van der Waals surface area (Å²) >= 11 is 3.32. The fraction of sp³-hybridized carbons (Fsp3) is 0.261. The summed E-state index contributed by atoms with van der Waals surface area (Å²) in [5.74, 6) is -0.619. The normalized spacial score (nSPS) is 11.4. The van der Waals surface area contributed by atoms with Crippen LogP contribution >= 0.6 is 15.9 Å². The van der Waals surface area contributed by atoms with Gasteiger partial charge in [0.25, 0.3) is 0 Å². The summed E-state index contributed by atoms with van der Waals surface area (Å²) in [6, 6.07) is 38.5. The molecule has 1 aliphatic heterocycles. The average molecular weight is 848 g/mol. The number of alkyl halides is 1. The third-order valence-electron chi connectivity index (χ3n) is 8.43. The van der Waals surface area contributed by atoms with Gasteiger partial charge in [-0.1, -0.05) is 64.5 Å². The molecule has 1 saturated heterocycles. The van der Waals surface area contributed by atoms with Gasteiger partial charge >= 0.3 is 11.9 Å². The molecule has 12 heteroatoms. The fourth-order valence-corrected chi connectivity index (χ4v) is 5.79. The molecule has 7 rings (SSSR count). The second kappa shape index (κ2) is 27.1. The van der Waals surface area contributed by atoms with Crippen molar-refractivity contribution in [1.82, 2.24) is 30.2 Å². The van der Waals surface area contributed by atoms with Crippen LogP contribution in [-0.2, 0) is 52.3 Å². The zero-order chi connectivity index (χ0) is 41.0. The quantitative estimate of drug-likeness (QED) is 0.0889. The highest BCUT2D eigenvalue weighted by Crippen LogP contribution is 2.14. The number of aromatic nitrogens is 4. The molecule has 0 unspecified atom stereocenters. The van der Waals surface area contributed by atoms with E-state index in [0.717, 1.165) is 85.2 Å². The molecule has 6 aromatic rings. The van der Waals surface area contributed by atoms with Crippen LogP contribution in [0.15, 0.2) is 146 Å². The van der Waals surface area contributed by atoms with E-state index in [1.807, 2.05) is 97.1 Å². The zero-order valence-electron chi connectivity index (χ0n) is 33.1. The van der Waals surface area contributed by atoms with Gasteiger partial charge < -0.3 is 19.5 Å². The maximum absolute atomic E-state index is 11.6. The largest absolute Gasteiger partial charge is 0.465 e. The second-order valence-corrected chi connectivity index (χ2v) is 13.4. The van der Waals surface area contributed by atoms with Crippen molar-refractivity contribution in [3.05, 3.63) is 191 Å². The van der Waals surface area contributed by atoms with E-state index in [2.05, 4.69) is 50.8 Å². The molecule has 0 radical (unpaired) electrons. The number of rotatable bonds is 13. The molecule has 0 saturated carbocycles. The summed E-state index contributed by atoms with van der Waals surface area (Å²) in [7, 11) is 2.76. The van der Waals surface area contributed by atoms with Gasteiger partial charge in [0.05, 0.1) is 48.1 Å². The first-order valence-electron chi connectivity index (χ1n) is 19.0. The zero-order valence-corrected chi connectivity index (χ0v) is 34.7. The van der Waals surface area contributed by atoms with E-state index in [1.165, 1.54) is 27.1 Å². The molecular formula is C46H51BrN6O5. The molecule has 2 aromatic carbocycles. The number of carbonyl (C=O) groups excluding carboxylic acids is 2. The van der Waals surface area contributed by atoms with Gasteiger partial charge in [-0.05, 0) is 96.8 Å². The minimum atomic E-state index is -0.324. The van der Waals surface area contributed by atoms with Crippen LogP contribution in [0.4, 0.5) is 0 Å². The van der Waals surface area contributed by atoms with Crippen molar-refractivity contribution in [2.45, 2.75) is 50.9 Å². The standard InChI is InChI=1S/C21H21N3O2.C12H13N3.C9H9BrO2.C4H8O/c1-26-21(25)18-10-8-17(9-11-18)14-24(15-19-6-2-4-12-22-19)16-20-7-3-5-13-23-20;1-3-7-14-11(5-1)9-13-10-12-6-2-4-8-15-12;1-12-9(11)8-4-2-7(6-10)3-5-8;1-2-4-5-3-1/h2-13H,14-16H2,1H3;1-8,13H,9-10H2;2-5H,6H2,1H3;1-4H2. The summed E-state index contributed by atoms with van der Waals surface area (Å²) in [5.41, 5.74) is 7.51. The maximum Gasteiger partial charge on any atom is 0.337 e. The molecular weight excluding hydrogens is 796 g/mol. The first kappa shape index (κ1) is 45.0. The predicted octanol–water partition coefficient (Wildman–Crippen LogP) is 8.40. The lowest BCUT2D eigenvalue weighted by atomic mass is 10.1. The molecule has 302 valence electrons. The van der Waals surface area contributed by atoms with Gasteiger partial charge in [0.15, 0.2) is 0 Å². The Morgan fingerprint density at radius 3 is 1.29 bits per heavy atom. The van der Waals surface area contributed by atoms with Crippen LogP contribution < -0.4 is 5.32 Å². The van der Waals surface area contributed by atoms with Crippen LogP contribution in [0, 0.1) is 0 Å². The number of carbonyl (C=O) groups is 2. The number of benzene rings is 2. The lowest BCUT2D eigenvalue weighted by Gasteiger charge is -2.22. The minimum absolute atomic E-state index is 0.295. The minimum Gasteiger partial charge on any atom is -0.465 e. The van der Waals surface area contributed by atoms with Crippen molar-refractivity contribution in [2.24, 2.45) is 0 Å². The predicted molar refractivity (Wildman–Crippen MR) is 229 cm³/mol. The van der Waals surface area contributed by atoms with Crippen molar-refractivity contribution < 1.29 is 23.8 Å². The van der Waals surface area contributed by atoms with Crippen molar-refractivity contribution in [2.75, 3.05) is 27.4 Å². The molecule has 1 N–H and O–H groups in total. The van der Waals surface area contributed by atoms with E-state index < -0.39 is 0 Å². The Bertz CT molecular complexity index is 1900. The van der Waals surface area contributed by atoms with Gasteiger partial charge in [0, 0.05) is 76.1 Å². The molecule has 5 heterocycles. The number of nitrogens with one attached hydrogen (secondary N) is 1. The number of hydrogen-bond acceptors (Lipinski definition) is 11. The highest BCUT2D eigenvalue weighted by Gasteiger charge is 2.11. The fourth-order valence-electron chi connectivity index (χ4n) is 5.41. The third kappa shape index (κ3) is 17.6. The first-order chi connectivity index (χ1) is 28.5. The monoisotopic (exact) mass is 846 g/mol. The average Bonchev–Trinajstić information content (AvgIpc) is 3.89. The number of hydrogen-bond donors (Lipinski definition) is 1. The van der Waals surface area contributed by atoms with Gasteiger partial charge in [0.1, 0.15) is 0 Å². The molecule has 1 aliphatic rings. The van der Waals surface area contributed by atoms with E-state index in [-0.39, 0.29) is 11.9 Å². The van der Waals surface area contributed by atoms with Crippen LogP contribution in [0.1, 0.15) is 67.5 Å². The molecule has 58 heavy (non-hydrogen) atoms. The van der Waals surface area contributed by atoms with E-state index in [9.17, 15) is 9.59 Å². The Hall–Kier alpha value is -5.66. The highest BCUT2D eigenvalue weighted by atomic mass is 79.9. The van der Waals surface area contributed by atoms with Gasteiger partial charge in [-0.15, -0.1) is 0 Å². The number of ether oxygens (including phenoxy) is 3. The van der Waals surface area contributed by atoms with Crippen LogP contribution in [0.5, 0.6) is 0 Å². The molecule has 1 fully saturated rings. The van der Waals surface area contributed by atoms with Gasteiger partial charge in [0.2, 0.25) is 0 Å². The Balaban J connectivity index is 0.000000195. The third-order valence-corrected chi connectivity index (χ3v) is 9.07. The molecule has 11 nitrogen and oxygen atoms in total.